The summed E-state index contributed by atoms with van der Waals surface area (Å²) in [6.45, 7) is 0.626. The van der Waals surface area contributed by atoms with Crippen molar-refractivity contribution in [2.45, 2.75) is 44.2 Å². The van der Waals surface area contributed by atoms with Crippen LogP contribution in [0.15, 0.2) is 60.7 Å². The number of carbonyl (C=O) groups is 2. The van der Waals surface area contributed by atoms with Gasteiger partial charge in [-0.25, -0.2) is 4.39 Å². The summed E-state index contributed by atoms with van der Waals surface area (Å²) < 4.78 is 13.2. The zero-order chi connectivity index (χ0) is 23.6. The molecule has 1 aliphatic heterocycles. The lowest BCUT2D eigenvalue weighted by molar-refractivity contribution is -0.137. The number of aliphatic carboxylic acids is 1. The molecule has 2 atom stereocenters. The zero-order valence-electron chi connectivity index (χ0n) is 18.5. The fourth-order valence-corrected chi connectivity index (χ4v) is 4.80. The number of likely N-dealkylation sites (tertiary alicyclic amines) is 1. The lowest BCUT2D eigenvalue weighted by Gasteiger charge is -2.22. The van der Waals surface area contributed by atoms with E-state index in [-0.39, 0.29) is 24.2 Å². The molecule has 1 fully saturated rings. The monoisotopic (exact) mass is 471 g/mol. The molecule has 3 rings (SSSR count). The van der Waals surface area contributed by atoms with Gasteiger partial charge in [0, 0.05) is 31.6 Å². The van der Waals surface area contributed by atoms with Crippen LogP contribution in [0.4, 0.5) is 4.39 Å². The first kappa shape index (κ1) is 25.0. The van der Waals surface area contributed by atoms with E-state index in [1.807, 2.05) is 35.2 Å². The molecule has 1 saturated heterocycles. The lowest BCUT2D eigenvalue weighted by Crippen LogP contribution is -2.34. The first-order valence-electron chi connectivity index (χ1n) is 11.2. The second kappa shape index (κ2) is 12.6. The van der Waals surface area contributed by atoms with Gasteiger partial charge in [-0.2, -0.15) is 11.8 Å². The van der Waals surface area contributed by atoms with Crippen molar-refractivity contribution in [1.82, 2.24) is 4.90 Å². The maximum Gasteiger partial charge on any atom is 0.303 e. The van der Waals surface area contributed by atoms with Gasteiger partial charge >= 0.3 is 5.97 Å². The van der Waals surface area contributed by atoms with Gasteiger partial charge in [0.05, 0.1) is 12.1 Å². The molecule has 2 aromatic rings. The number of halogens is 1. The maximum absolute atomic E-state index is 13.2. The van der Waals surface area contributed by atoms with E-state index >= 15 is 0 Å². The number of benzene rings is 2. The standard InChI is InChI=1S/C26H30FNO4S/c27-22-8-6-20(7-9-22)21-4-1-3-19(17-21)18-24(29)12-10-23-11-13-25(30)28(23)14-16-33-15-2-5-26(31)32/h1,3-4,6-10,12,17,23-24,29H,2,5,11,13-16,18H2,(H,31,32)/b12-10+/t23-,24+/m0/s1. The van der Waals surface area contributed by atoms with Crippen LogP contribution < -0.4 is 0 Å². The van der Waals surface area contributed by atoms with Crippen molar-refractivity contribution in [3.05, 3.63) is 72.1 Å². The van der Waals surface area contributed by atoms with E-state index in [0.29, 0.717) is 25.8 Å². The van der Waals surface area contributed by atoms with Crippen LogP contribution in [0.25, 0.3) is 11.1 Å². The molecule has 0 bridgehead atoms. The number of amides is 1. The minimum atomic E-state index is -0.781. The van der Waals surface area contributed by atoms with Crippen molar-refractivity contribution < 1.29 is 24.2 Å². The highest BCUT2D eigenvalue weighted by Crippen LogP contribution is 2.23. The third-order valence-electron chi connectivity index (χ3n) is 5.64. The third-order valence-corrected chi connectivity index (χ3v) is 6.68. The van der Waals surface area contributed by atoms with Crippen molar-refractivity contribution >= 4 is 23.6 Å². The van der Waals surface area contributed by atoms with Crippen LogP contribution >= 0.6 is 11.8 Å². The fraction of sp³-hybridized carbons (Fsp3) is 0.385. The highest BCUT2D eigenvalue weighted by Gasteiger charge is 2.28. The summed E-state index contributed by atoms with van der Waals surface area (Å²) in [4.78, 5) is 24.7. The van der Waals surface area contributed by atoms with Gasteiger partial charge < -0.3 is 15.1 Å². The summed E-state index contributed by atoms with van der Waals surface area (Å²) in [6.07, 6.45) is 5.52. The summed E-state index contributed by atoms with van der Waals surface area (Å²) in [5.74, 6) is 0.610. The van der Waals surface area contributed by atoms with Crippen LogP contribution in [-0.4, -0.2) is 57.2 Å². The van der Waals surface area contributed by atoms with Gasteiger partial charge in [-0.15, -0.1) is 0 Å². The number of hydrogen-bond donors (Lipinski definition) is 2. The molecule has 0 radical (unpaired) electrons. The first-order valence-corrected chi connectivity index (χ1v) is 12.4. The highest BCUT2D eigenvalue weighted by atomic mass is 32.2. The number of hydrogen-bond acceptors (Lipinski definition) is 4. The average Bonchev–Trinajstić information content (AvgIpc) is 3.14. The van der Waals surface area contributed by atoms with Gasteiger partial charge in [0.1, 0.15) is 5.82 Å². The van der Waals surface area contributed by atoms with Crippen LogP contribution in [0.2, 0.25) is 0 Å². The van der Waals surface area contributed by atoms with E-state index in [1.165, 1.54) is 12.1 Å². The molecule has 7 heteroatoms. The number of carbonyl (C=O) groups excluding carboxylic acids is 1. The Morgan fingerprint density at radius 1 is 1.18 bits per heavy atom. The number of aliphatic hydroxyl groups is 1. The molecule has 33 heavy (non-hydrogen) atoms. The second-order valence-corrected chi connectivity index (χ2v) is 9.39. The molecular formula is C26H30FNO4S. The zero-order valence-corrected chi connectivity index (χ0v) is 19.3. The summed E-state index contributed by atoms with van der Waals surface area (Å²) in [5, 5.41) is 19.2. The van der Waals surface area contributed by atoms with Gasteiger partial charge in [-0.1, -0.05) is 48.6 Å². The Bertz CT molecular complexity index is 963. The fourth-order valence-electron chi connectivity index (χ4n) is 3.92. The Morgan fingerprint density at radius 2 is 1.97 bits per heavy atom. The van der Waals surface area contributed by atoms with E-state index in [0.717, 1.165) is 34.6 Å². The van der Waals surface area contributed by atoms with Crippen molar-refractivity contribution in [3.63, 3.8) is 0 Å². The SMILES string of the molecule is O=C(O)CCCSCCN1C(=O)CC[C@@H]1/C=C/[C@@H](O)Cc1cccc(-c2ccc(F)cc2)c1. The Morgan fingerprint density at radius 3 is 2.73 bits per heavy atom. The molecule has 5 nitrogen and oxygen atoms in total. The van der Waals surface area contributed by atoms with Gasteiger partial charge in [-0.3, -0.25) is 9.59 Å². The Hall–Kier alpha value is -2.64. The summed E-state index contributed by atoms with van der Waals surface area (Å²) in [5.41, 5.74) is 2.87. The number of carboxylic acid groups (broad SMARTS) is 1. The minimum Gasteiger partial charge on any atom is -0.481 e. The third kappa shape index (κ3) is 8.02. The van der Waals surface area contributed by atoms with Crippen LogP contribution in [0.5, 0.6) is 0 Å². The van der Waals surface area contributed by atoms with Crippen LogP contribution in [0.1, 0.15) is 31.2 Å². The van der Waals surface area contributed by atoms with Gasteiger partial charge in [0.2, 0.25) is 5.91 Å². The maximum atomic E-state index is 13.2. The average molecular weight is 472 g/mol. The normalized spacial score (nSPS) is 17.1. The van der Waals surface area contributed by atoms with E-state index in [9.17, 15) is 19.1 Å². The van der Waals surface area contributed by atoms with Crippen LogP contribution in [0, 0.1) is 5.82 Å². The largest absolute Gasteiger partial charge is 0.481 e. The Labute approximate surface area is 198 Å². The van der Waals surface area contributed by atoms with Crippen LogP contribution in [-0.2, 0) is 16.0 Å². The minimum absolute atomic E-state index is 0.0164. The Kier molecular flexibility index (Phi) is 9.51. The molecule has 0 aliphatic carbocycles. The van der Waals surface area contributed by atoms with E-state index in [4.69, 9.17) is 5.11 Å². The van der Waals surface area contributed by atoms with E-state index in [1.54, 1.807) is 30.0 Å². The van der Waals surface area contributed by atoms with Gasteiger partial charge in [0.25, 0.3) is 0 Å². The number of nitrogens with zero attached hydrogens (tertiary/aromatic N) is 1. The molecule has 2 N–H and O–H groups in total. The Balaban J connectivity index is 1.50. The van der Waals surface area contributed by atoms with Crippen molar-refractivity contribution in [2.24, 2.45) is 0 Å². The summed E-state index contributed by atoms with van der Waals surface area (Å²) in [6, 6.07) is 14.2. The molecule has 176 valence electrons. The predicted molar refractivity (Wildman–Crippen MR) is 130 cm³/mol. The molecule has 0 aromatic heterocycles. The van der Waals surface area contributed by atoms with Gasteiger partial charge in [0.15, 0.2) is 0 Å². The van der Waals surface area contributed by atoms with Crippen molar-refractivity contribution in [2.75, 3.05) is 18.1 Å². The molecule has 1 heterocycles. The molecule has 1 aliphatic rings. The number of carboxylic acids is 1. The predicted octanol–water partition coefficient (Wildman–Crippen LogP) is 4.54. The molecule has 0 saturated carbocycles. The summed E-state index contributed by atoms with van der Waals surface area (Å²) >= 11 is 1.66. The van der Waals surface area contributed by atoms with Crippen LogP contribution in [0.3, 0.4) is 0 Å². The second-order valence-electron chi connectivity index (χ2n) is 8.17. The van der Waals surface area contributed by atoms with Gasteiger partial charge in [-0.05, 0) is 47.4 Å². The molecule has 2 aromatic carbocycles. The van der Waals surface area contributed by atoms with Crippen molar-refractivity contribution in [3.8, 4) is 11.1 Å². The highest BCUT2D eigenvalue weighted by molar-refractivity contribution is 7.99. The quantitative estimate of drug-likeness (QED) is 0.351. The molecule has 0 spiro atoms. The van der Waals surface area contributed by atoms with E-state index < -0.39 is 12.1 Å². The first-order chi connectivity index (χ1) is 15.9. The molecular weight excluding hydrogens is 441 g/mol. The van der Waals surface area contributed by atoms with E-state index in [2.05, 4.69) is 0 Å². The number of thioether (sulfide) groups is 1. The molecule has 1 amide bonds. The number of aliphatic hydroxyl groups excluding tert-OH is 1. The topological polar surface area (TPSA) is 77.8 Å². The molecule has 0 unspecified atom stereocenters. The smallest absolute Gasteiger partial charge is 0.303 e. The number of rotatable bonds is 12. The lowest BCUT2D eigenvalue weighted by atomic mass is 10.00. The van der Waals surface area contributed by atoms with Crippen molar-refractivity contribution in [1.29, 1.82) is 0 Å². The summed E-state index contributed by atoms with van der Waals surface area (Å²) in [7, 11) is 0.